The van der Waals surface area contributed by atoms with E-state index < -0.39 is 6.10 Å². The molecule has 0 saturated heterocycles. The van der Waals surface area contributed by atoms with Gasteiger partial charge in [-0.05, 0) is 83.5 Å². The predicted molar refractivity (Wildman–Crippen MR) is 251 cm³/mol. The SMILES string of the molecule is CC\C=C/C=C\C=C/CCCCCCCC(=O)OCC(COC(=O)CCCCCCCCC/C=C\CCCCCC)OC(=O)CCCCCCC\C=C/C=C\C=C/CC. The molecular weight excluding hydrogens is 733 g/mol. The van der Waals surface area contributed by atoms with Crippen LogP contribution in [0, 0.1) is 0 Å². The van der Waals surface area contributed by atoms with Crippen LogP contribution in [-0.2, 0) is 28.6 Å². The van der Waals surface area contributed by atoms with Gasteiger partial charge < -0.3 is 14.2 Å². The molecule has 0 fully saturated rings. The zero-order chi connectivity index (χ0) is 43.0. The second-order valence-electron chi connectivity index (χ2n) is 15.7. The molecule has 0 aromatic heterocycles. The van der Waals surface area contributed by atoms with Gasteiger partial charge in [0.25, 0.3) is 0 Å². The summed E-state index contributed by atoms with van der Waals surface area (Å²) in [5, 5.41) is 0. The number of rotatable bonds is 42. The molecule has 1 unspecified atom stereocenters. The van der Waals surface area contributed by atoms with Crippen molar-refractivity contribution in [2.24, 2.45) is 0 Å². The van der Waals surface area contributed by atoms with Crippen LogP contribution >= 0.6 is 0 Å². The molecule has 0 aliphatic heterocycles. The van der Waals surface area contributed by atoms with Crippen LogP contribution in [0.3, 0.4) is 0 Å². The van der Waals surface area contributed by atoms with Crippen LogP contribution in [0.1, 0.15) is 213 Å². The lowest BCUT2D eigenvalue weighted by atomic mass is 10.1. The summed E-state index contributed by atoms with van der Waals surface area (Å²) in [6.07, 6.45) is 59.9. The summed E-state index contributed by atoms with van der Waals surface area (Å²) in [6.45, 7) is 6.31. The molecule has 59 heavy (non-hydrogen) atoms. The van der Waals surface area contributed by atoms with Crippen molar-refractivity contribution in [3.63, 3.8) is 0 Å². The Morgan fingerprint density at radius 1 is 0.356 bits per heavy atom. The predicted octanol–water partition coefficient (Wildman–Crippen LogP) is 15.6. The summed E-state index contributed by atoms with van der Waals surface area (Å²) >= 11 is 0. The van der Waals surface area contributed by atoms with Crippen LogP contribution < -0.4 is 0 Å². The van der Waals surface area contributed by atoms with E-state index >= 15 is 0 Å². The third-order valence-corrected chi connectivity index (χ3v) is 9.99. The third kappa shape index (κ3) is 45.5. The second-order valence-corrected chi connectivity index (χ2v) is 15.7. The second kappa shape index (κ2) is 47.3. The van der Waals surface area contributed by atoms with E-state index in [1.165, 1.54) is 64.2 Å². The minimum absolute atomic E-state index is 0.0949. The van der Waals surface area contributed by atoms with Gasteiger partial charge in [0.05, 0.1) is 0 Å². The molecule has 6 nitrogen and oxygen atoms in total. The normalized spacial score (nSPS) is 12.8. The molecule has 0 aliphatic carbocycles. The zero-order valence-electron chi connectivity index (χ0n) is 38.2. The highest BCUT2D eigenvalue weighted by atomic mass is 16.6. The van der Waals surface area contributed by atoms with Gasteiger partial charge in [0.2, 0.25) is 0 Å². The summed E-state index contributed by atoms with van der Waals surface area (Å²) in [5.74, 6) is -0.946. The molecule has 0 amide bonds. The van der Waals surface area contributed by atoms with E-state index in [0.29, 0.717) is 19.3 Å². The summed E-state index contributed by atoms with van der Waals surface area (Å²) < 4.78 is 16.7. The van der Waals surface area contributed by atoms with Crippen LogP contribution in [0.15, 0.2) is 85.1 Å². The van der Waals surface area contributed by atoms with Crippen molar-refractivity contribution in [3.05, 3.63) is 85.1 Å². The monoisotopic (exact) mass is 821 g/mol. The largest absolute Gasteiger partial charge is 0.462 e. The number of unbranched alkanes of at least 4 members (excludes halogenated alkanes) is 21. The molecule has 1 atom stereocenters. The van der Waals surface area contributed by atoms with Gasteiger partial charge in [0, 0.05) is 19.3 Å². The number of esters is 3. The first-order valence-corrected chi connectivity index (χ1v) is 24.2. The first kappa shape index (κ1) is 55.6. The van der Waals surface area contributed by atoms with E-state index in [0.717, 1.165) is 109 Å². The summed E-state index contributed by atoms with van der Waals surface area (Å²) in [5.41, 5.74) is 0. The van der Waals surface area contributed by atoms with Crippen molar-refractivity contribution >= 4 is 17.9 Å². The minimum atomic E-state index is -0.796. The van der Waals surface area contributed by atoms with Crippen molar-refractivity contribution in [2.75, 3.05) is 13.2 Å². The topological polar surface area (TPSA) is 78.9 Å². The molecule has 0 aliphatic rings. The van der Waals surface area contributed by atoms with Gasteiger partial charge in [0.1, 0.15) is 13.2 Å². The van der Waals surface area contributed by atoms with E-state index in [4.69, 9.17) is 14.2 Å². The van der Waals surface area contributed by atoms with Crippen LogP contribution in [0.4, 0.5) is 0 Å². The maximum atomic E-state index is 12.7. The molecular formula is C53H88O6. The van der Waals surface area contributed by atoms with E-state index in [2.05, 4.69) is 106 Å². The molecule has 6 heteroatoms. The Balaban J connectivity index is 4.45. The zero-order valence-corrected chi connectivity index (χ0v) is 38.2. The molecule has 336 valence electrons. The van der Waals surface area contributed by atoms with Gasteiger partial charge in [-0.3, -0.25) is 14.4 Å². The van der Waals surface area contributed by atoms with Gasteiger partial charge in [-0.25, -0.2) is 0 Å². The van der Waals surface area contributed by atoms with E-state index in [9.17, 15) is 14.4 Å². The molecule has 0 rings (SSSR count). The standard InChI is InChI=1S/C53H88O6/c1-4-7-10-13-16-19-22-25-26-29-31-34-37-40-43-46-52(55)58-49-50(59-53(56)47-44-41-38-35-32-28-24-21-18-15-12-9-6-3)48-57-51(54)45-42-39-36-33-30-27-23-20-17-14-11-8-5-2/h8-9,11-12,14-15,17-24,50H,4-7,10,13,16,25-49H2,1-3H3/b11-8-,12-9-,17-14-,18-15-,22-19-,23-20-,24-21-. The van der Waals surface area contributed by atoms with E-state index in [-0.39, 0.29) is 31.1 Å². The molecule has 0 bridgehead atoms. The summed E-state index contributed by atoms with van der Waals surface area (Å²) in [4.78, 5) is 37.9. The Morgan fingerprint density at radius 3 is 1.07 bits per heavy atom. The first-order valence-electron chi connectivity index (χ1n) is 24.2. The lowest BCUT2D eigenvalue weighted by Crippen LogP contribution is -2.30. The molecule has 0 aromatic carbocycles. The van der Waals surface area contributed by atoms with Crippen LogP contribution in [0.5, 0.6) is 0 Å². The quantitative estimate of drug-likeness (QED) is 0.0201. The fourth-order valence-electron chi connectivity index (χ4n) is 6.38. The smallest absolute Gasteiger partial charge is 0.306 e. The third-order valence-electron chi connectivity index (χ3n) is 9.99. The Kier molecular flexibility index (Phi) is 44.5. The fraction of sp³-hybridized carbons (Fsp3) is 0.679. The Hall–Kier alpha value is -3.41. The highest BCUT2D eigenvalue weighted by Gasteiger charge is 2.19. The maximum absolute atomic E-state index is 12.7. The van der Waals surface area contributed by atoms with Crippen LogP contribution in [-0.4, -0.2) is 37.2 Å². The van der Waals surface area contributed by atoms with Crippen molar-refractivity contribution in [1.29, 1.82) is 0 Å². The highest BCUT2D eigenvalue weighted by Crippen LogP contribution is 2.14. The van der Waals surface area contributed by atoms with Crippen molar-refractivity contribution in [1.82, 2.24) is 0 Å². The molecule has 0 saturated carbocycles. The number of carbonyl (C=O) groups is 3. The molecule has 0 spiro atoms. The number of carbonyl (C=O) groups excluding carboxylic acids is 3. The fourth-order valence-corrected chi connectivity index (χ4v) is 6.38. The number of ether oxygens (including phenoxy) is 3. The Bertz CT molecular complexity index is 1170. The number of hydrogen-bond acceptors (Lipinski definition) is 6. The number of hydrogen-bond donors (Lipinski definition) is 0. The van der Waals surface area contributed by atoms with Crippen LogP contribution in [0.2, 0.25) is 0 Å². The van der Waals surface area contributed by atoms with Crippen molar-refractivity contribution in [2.45, 2.75) is 219 Å². The highest BCUT2D eigenvalue weighted by molar-refractivity contribution is 5.71. The maximum Gasteiger partial charge on any atom is 0.306 e. The van der Waals surface area contributed by atoms with Gasteiger partial charge in [-0.1, -0.05) is 196 Å². The first-order chi connectivity index (χ1) is 29.0. The minimum Gasteiger partial charge on any atom is -0.462 e. The molecule has 0 heterocycles. The molecule has 0 N–H and O–H groups in total. The van der Waals surface area contributed by atoms with Crippen molar-refractivity contribution in [3.8, 4) is 0 Å². The summed E-state index contributed by atoms with van der Waals surface area (Å²) in [6, 6.07) is 0. The number of allylic oxidation sites excluding steroid dienone is 14. The average molecular weight is 821 g/mol. The van der Waals surface area contributed by atoms with E-state index in [1.54, 1.807) is 0 Å². The van der Waals surface area contributed by atoms with Gasteiger partial charge in [-0.2, -0.15) is 0 Å². The summed E-state index contributed by atoms with van der Waals surface area (Å²) in [7, 11) is 0. The van der Waals surface area contributed by atoms with Gasteiger partial charge in [0.15, 0.2) is 6.10 Å². The average Bonchev–Trinajstić information content (AvgIpc) is 3.23. The van der Waals surface area contributed by atoms with Crippen molar-refractivity contribution < 1.29 is 28.6 Å². The van der Waals surface area contributed by atoms with E-state index in [1.807, 2.05) is 0 Å². The van der Waals surface area contributed by atoms with Gasteiger partial charge >= 0.3 is 17.9 Å². The van der Waals surface area contributed by atoms with Gasteiger partial charge in [-0.15, -0.1) is 0 Å². The Morgan fingerprint density at radius 2 is 0.678 bits per heavy atom. The lowest BCUT2D eigenvalue weighted by molar-refractivity contribution is -0.167. The molecule has 0 radical (unpaired) electrons. The molecule has 0 aromatic rings. The Labute approximate surface area is 363 Å². The van der Waals surface area contributed by atoms with Crippen LogP contribution in [0.25, 0.3) is 0 Å². The lowest BCUT2D eigenvalue weighted by Gasteiger charge is -2.18.